The molecular formula is C14H19FN2O. The SMILES string of the molecule is CNC1CCC(NC(=O)c2ccc(F)cc2)CC1. The Labute approximate surface area is 107 Å². The summed E-state index contributed by atoms with van der Waals surface area (Å²) in [4.78, 5) is 11.9. The highest BCUT2D eigenvalue weighted by atomic mass is 19.1. The minimum atomic E-state index is -0.318. The van der Waals surface area contributed by atoms with Crippen molar-refractivity contribution in [3.8, 4) is 0 Å². The fourth-order valence-electron chi connectivity index (χ4n) is 2.40. The number of carbonyl (C=O) groups excluding carboxylic acids is 1. The second-order valence-electron chi connectivity index (χ2n) is 4.82. The molecule has 0 heterocycles. The second kappa shape index (κ2) is 5.96. The summed E-state index contributed by atoms with van der Waals surface area (Å²) >= 11 is 0. The number of hydrogen-bond acceptors (Lipinski definition) is 2. The van der Waals surface area contributed by atoms with Crippen molar-refractivity contribution in [2.45, 2.75) is 37.8 Å². The standard InChI is InChI=1S/C14H19FN2O/c1-16-12-6-8-13(9-7-12)17-14(18)10-2-4-11(15)5-3-10/h2-5,12-13,16H,6-9H2,1H3,(H,17,18). The number of amides is 1. The number of nitrogens with one attached hydrogen (secondary N) is 2. The van der Waals surface area contributed by atoms with Gasteiger partial charge in [-0.1, -0.05) is 0 Å². The minimum Gasteiger partial charge on any atom is -0.349 e. The van der Waals surface area contributed by atoms with Gasteiger partial charge in [0.05, 0.1) is 0 Å². The van der Waals surface area contributed by atoms with Gasteiger partial charge >= 0.3 is 0 Å². The van der Waals surface area contributed by atoms with E-state index in [4.69, 9.17) is 0 Å². The second-order valence-corrected chi connectivity index (χ2v) is 4.82. The molecule has 0 spiro atoms. The summed E-state index contributed by atoms with van der Waals surface area (Å²) in [5.41, 5.74) is 0.520. The molecule has 0 aliphatic heterocycles. The fourth-order valence-corrected chi connectivity index (χ4v) is 2.40. The van der Waals surface area contributed by atoms with E-state index < -0.39 is 0 Å². The van der Waals surface area contributed by atoms with Gasteiger partial charge in [-0.25, -0.2) is 4.39 Å². The van der Waals surface area contributed by atoms with E-state index in [9.17, 15) is 9.18 Å². The summed E-state index contributed by atoms with van der Waals surface area (Å²) in [6, 6.07) is 6.48. The van der Waals surface area contributed by atoms with E-state index in [1.807, 2.05) is 7.05 Å². The number of carbonyl (C=O) groups is 1. The average Bonchev–Trinajstić information content (AvgIpc) is 2.40. The van der Waals surface area contributed by atoms with Gasteiger partial charge in [0.2, 0.25) is 0 Å². The largest absolute Gasteiger partial charge is 0.349 e. The Kier molecular flexibility index (Phi) is 4.31. The average molecular weight is 250 g/mol. The lowest BCUT2D eigenvalue weighted by atomic mass is 9.91. The maximum absolute atomic E-state index is 12.8. The van der Waals surface area contributed by atoms with Crippen LogP contribution in [0, 0.1) is 5.82 Å². The summed E-state index contributed by atoms with van der Waals surface area (Å²) in [5, 5.41) is 6.27. The summed E-state index contributed by atoms with van der Waals surface area (Å²) in [7, 11) is 1.97. The highest BCUT2D eigenvalue weighted by Crippen LogP contribution is 2.18. The van der Waals surface area contributed by atoms with Crippen molar-refractivity contribution >= 4 is 5.91 Å². The topological polar surface area (TPSA) is 41.1 Å². The smallest absolute Gasteiger partial charge is 0.251 e. The third-order valence-electron chi connectivity index (χ3n) is 3.58. The van der Waals surface area contributed by atoms with E-state index in [-0.39, 0.29) is 17.8 Å². The molecule has 3 nitrogen and oxygen atoms in total. The Morgan fingerprint density at radius 3 is 2.22 bits per heavy atom. The van der Waals surface area contributed by atoms with Gasteiger partial charge < -0.3 is 10.6 Å². The molecule has 0 bridgehead atoms. The molecule has 98 valence electrons. The van der Waals surface area contributed by atoms with Crippen molar-refractivity contribution in [1.82, 2.24) is 10.6 Å². The van der Waals surface area contributed by atoms with Gasteiger partial charge in [-0.05, 0) is 57.0 Å². The molecule has 0 radical (unpaired) electrons. The first-order valence-corrected chi connectivity index (χ1v) is 6.42. The normalized spacial score (nSPS) is 23.7. The highest BCUT2D eigenvalue weighted by molar-refractivity contribution is 5.94. The Morgan fingerprint density at radius 1 is 1.11 bits per heavy atom. The molecule has 1 aromatic rings. The van der Waals surface area contributed by atoms with Crippen LogP contribution in [-0.4, -0.2) is 25.0 Å². The van der Waals surface area contributed by atoms with Crippen LogP contribution in [0.3, 0.4) is 0 Å². The van der Waals surface area contributed by atoms with E-state index in [0.29, 0.717) is 11.6 Å². The third kappa shape index (κ3) is 3.29. The predicted molar refractivity (Wildman–Crippen MR) is 69.0 cm³/mol. The first-order chi connectivity index (χ1) is 8.69. The molecule has 1 aromatic carbocycles. The Balaban J connectivity index is 1.86. The van der Waals surface area contributed by atoms with Crippen LogP contribution in [0.1, 0.15) is 36.0 Å². The third-order valence-corrected chi connectivity index (χ3v) is 3.58. The van der Waals surface area contributed by atoms with Crippen molar-refractivity contribution < 1.29 is 9.18 Å². The molecule has 1 fully saturated rings. The van der Waals surface area contributed by atoms with Crippen LogP contribution in [0.25, 0.3) is 0 Å². The molecular weight excluding hydrogens is 231 g/mol. The van der Waals surface area contributed by atoms with Gasteiger partial charge in [0.1, 0.15) is 5.82 Å². The summed E-state index contributed by atoms with van der Waals surface area (Å²) in [6.07, 6.45) is 4.17. The van der Waals surface area contributed by atoms with Crippen molar-refractivity contribution in [2.75, 3.05) is 7.05 Å². The molecule has 1 saturated carbocycles. The van der Waals surface area contributed by atoms with Gasteiger partial charge in [-0.3, -0.25) is 4.79 Å². The molecule has 2 rings (SSSR count). The Bertz CT molecular complexity index is 397. The molecule has 0 aromatic heterocycles. The monoisotopic (exact) mass is 250 g/mol. The molecule has 18 heavy (non-hydrogen) atoms. The fraction of sp³-hybridized carbons (Fsp3) is 0.500. The Morgan fingerprint density at radius 2 is 1.67 bits per heavy atom. The zero-order chi connectivity index (χ0) is 13.0. The number of hydrogen-bond donors (Lipinski definition) is 2. The number of benzene rings is 1. The quantitative estimate of drug-likeness (QED) is 0.862. The van der Waals surface area contributed by atoms with Crippen LogP contribution >= 0.6 is 0 Å². The minimum absolute atomic E-state index is 0.108. The van der Waals surface area contributed by atoms with Gasteiger partial charge in [-0.15, -0.1) is 0 Å². The lowest BCUT2D eigenvalue weighted by Gasteiger charge is -2.28. The van der Waals surface area contributed by atoms with Crippen molar-refractivity contribution in [3.63, 3.8) is 0 Å². The van der Waals surface area contributed by atoms with E-state index in [1.54, 1.807) is 0 Å². The zero-order valence-electron chi connectivity index (χ0n) is 10.6. The lowest BCUT2D eigenvalue weighted by Crippen LogP contribution is -2.41. The molecule has 0 unspecified atom stereocenters. The van der Waals surface area contributed by atoms with Gasteiger partial charge in [0.25, 0.3) is 5.91 Å². The van der Waals surface area contributed by atoms with E-state index in [0.717, 1.165) is 25.7 Å². The van der Waals surface area contributed by atoms with E-state index in [1.165, 1.54) is 24.3 Å². The zero-order valence-corrected chi connectivity index (χ0v) is 10.6. The van der Waals surface area contributed by atoms with E-state index in [2.05, 4.69) is 10.6 Å². The summed E-state index contributed by atoms with van der Waals surface area (Å²) in [5.74, 6) is -0.427. The summed E-state index contributed by atoms with van der Waals surface area (Å²) < 4.78 is 12.8. The van der Waals surface area contributed by atoms with Crippen molar-refractivity contribution in [2.24, 2.45) is 0 Å². The van der Waals surface area contributed by atoms with Gasteiger partial charge in [0, 0.05) is 17.6 Å². The molecule has 1 amide bonds. The van der Waals surface area contributed by atoms with Crippen LogP contribution in [-0.2, 0) is 0 Å². The first kappa shape index (κ1) is 13.0. The molecule has 1 aliphatic carbocycles. The molecule has 0 atom stereocenters. The predicted octanol–water partition coefficient (Wildman–Crippen LogP) is 2.09. The van der Waals surface area contributed by atoms with Crippen LogP contribution in [0.5, 0.6) is 0 Å². The van der Waals surface area contributed by atoms with Gasteiger partial charge in [-0.2, -0.15) is 0 Å². The van der Waals surface area contributed by atoms with Gasteiger partial charge in [0.15, 0.2) is 0 Å². The van der Waals surface area contributed by atoms with Crippen LogP contribution in [0.2, 0.25) is 0 Å². The Hall–Kier alpha value is -1.42. The van der Waals surface area contributed by atoms with Crippen LogP contribution in [0.4, 0.5) is 4.39 Å². The van der Waals surface area contributed by atoms with Crippen molar-refractivity contribution in [1.29, 1.82) is 0 Å². The lowest BCUT2D eigenvalue weighted by molar-refractivity contribution is 0.0924. The molecule has 0 saturated heterocycles. The number of rotatable bonds is 3. The maximum Gasteiger partial charge on any atom is 0.251 e. The number of halogens is 1. The molecule has 4 heteroatoms. The summed E-state index contributed by atoms with van der Waals surface area (Å²) in [6.45, 7) is 0. The first-order valence-electron chi connectivity index (χ1n) is 6.42. The highest BCUT2D eigenvalue weighted by Gasteiger charge is 2.21. The van der Waals surface area contributed by atoms with Crippen molar-refractivity contribution in [3.05, 3.63) is 35.6 Å². The van der Waals surface area contributed by atoms with E-state index >= 15 is 0 Å². The molecule has 2 N–H and O–H groups in total. The maximum atomic E-state index is 12.8. The van der Waals surface area contributed by atoms with Crippen LogP contribution in [0.15, 0.2) is 24.3 Å². The van der Waals surface area contributed by atoms with Crippen LogP contribution < -0.4 is 10.6 Å². The molecule has 1 aliphatic rings.